The van der Waals surface area contributed by atoms with Crippen molar-refractivity contribution in [3.05, 3.63) is 48.0 Å². The fraction of sp³-hybridized carbons (Fsp3) is 0.143. The molecule has 17 heavy (non-hydrogen) atoms. The number of aliphatic hydroxyl groups is 1. The molecule has 0 amide bonds. The van der Waals surface area contributed by atoms with Gasteiger partial charge in [0.15, 0.2) is 0 Å². The van der Waals surface area contributed by atoms with Gasteiger partial charge < -0.3 is 16.6 Å². The lowest BCUT2D eigenvalue weighted by Crippen LogP contribution is -1.94. The molecule has 2 rings (SSSR count). The molecule has 0 fully saturated rings. The molecule has 0 saturated heterocycles. The summed E-state index contributed by atoms with van der Waals surface area (Å²) in [7, 11) is 0. The minimum absolute atomic E-state index is 0.456. The Labute approximate surface area is 101 Å². The second-order valence-corrected chi connectivity index (χ2v) is 4.14. The molecule has 0 aliphatic carbocycles. The van der Waals surface area contributed by atoms with Crippen molar-refractivity contribution in [1.82, 2.24) is 0 Å². The van der Waals surface area contributed by atoms with E-state index >= 15 is 0 Å². The van der Waals surface area contributed by atoms with Crippen LogP contribution in [-0.2, 0) is 0 Å². The number of hydrogen-bond donors (Lipinski definition) is 3. The first kappa shape index (κ1) is 11.5. The second-order valence-electron chi connectivity index (χ2n) is 4.14. The van der Waals surface area contributed by atoms with Crippen LogP contribution in [0.2, 0.25) is 0 Å². The maximum atomic E-state index is 9.44. The third-order valence-corrected chi connectivity index (χ3v) is 2.78. The fourth-order valence-electron chi connectivity index (χ4n) is 1.77. The Balaban J connectivity index is 2.43. The molecule has 1 atom stereocenters. The van der Waals surface area contributed by atoms with Crippen LogP contribution in [-0.4, -0.2) is 5.11 Å². The van der Waals surface area contributed by atoms with E-state index in [2.05, 4.69) is 0 Å². The summed E-state index contributed by atoms with van der Waals surface area (Å²) < 4.78 is 0. The van der Waals surface area contributed by atoms with Gasteiger partial charge in [0.25, 0.3) is 0 Å². The standard InChI is InChI=1S/C14H16N2O/c1-9(17)10-2-4-11(5-3-10)13-8-12(15)6-7-14(13)16/h2-9,17H,15-16H2,1H3. The monoisotopic (exact) mass is 228 g/mol. The van der Waals surface area contributed by atoms with E-state index in [1.807, 2.05) is 30.3 Å². The first-order valence-electron chi connectivity index (χ1n) is 5.51. The molecule has 0 spiro atoms. The fourth-order valence-corrected chi connectivity index (χ4v) is 1.77. The number of anilines is 2. The molecule has 0 radical (unpaired) electrons. The number of aliphatic hydroxyl groups excluding tert-OH is 1. The Kier molecular flexibility index (Phi) is 3.02. The summed E-state index contributed by atoms with van der Waals surface area (Å²) in [6.07, 6.45) is -0.456. The Morgan fingerprint density at radius 2 is 1.65 bits per heavy atom. The van der Waals surface area contributed by atoms with E-state index in [-0.39, 0.29) is 0 Å². The minimum Gasteiger partial charge on any atom is -0.399 e. The van der Waals surface area contributed by atoms with E-state index in [1.54, 1.807) is 19.1 Å². The SMILES string of the molecule is CC(O)c1ccc(-c2cc(N)ccc2N)cc1. The highest BCUT2D eigenvalue weighted by Crippen LogP contribution is 2.28. The molecule has 2 aromatic rings. The van der Waals surface area contributed by atoms with Crippen molar-refractivity contribution in [2.24, 2.45) is 0 Å². The molecule has 5 N–H and O–H groups in total. The number of nitrogen functional groups attached to an aromatic ring is 2. The molecule has 3 nitrogen and oxygen atoms in total. The highest BCUT2D eigenvalue weighted by atomic mass is 16.3. The highest BCUT2D eigenvalue weighted by molar-refractivity contribution is 5.79. The number of nitrogens with two attached hydrogens (primary N) is 2. The molecule has 0 aliphatic heterocycles. The molecular weight excluding hydrogens is 212 g/mol. The maximum absolute atomic E-state index is 9.44. The van der Waals surface area contributed by atoms with Crippen LogP contribution in [0.4, 0.5) is 11.4 Å². The molecule has 0 saturated carbocycles. The zero-order valence-corrected chi connectivity index (χ0v) is 9.72. The largest absolute Gasteiger partial charge is 0.399 e. The van der Waals surface area contributed by atoms with Crippen LogP contribution in [0, 0.1) is 0 Å². The van der Waals surface area contributed by atoms with Gasteiger partial charge in [-0.05, 0) is 36.2 Å². The van der Waals surface area contributed by atoms with Crippen molar-refractivity contribution >= 4 is 11.4 Å². The number of benzene rings is 2. The van der Waals surface area contributed by atoms with E-state index < -0.39 is 6.10 Å². The van der Waals surface area contributed by atoms with Gasteiger partial charge in [-0.15, -0.1) is 0 Å². The highest BCUT2D eigenvalue weighted by Gasteiger charge is 2.05. The van der Waals surface area contributed by atoms with Crippen molar-refractivity contribution in [3.63, 3.8) is 0 Å². The number of hydrogen-bond acceptors (Lipinski definition) is 3. The van der Waals surface area contributed by atoms with Crippen LogP contribution in [0.15, 0.2) is 42.5 Å². The van der Waals surface area contributed by atoms with Crippen molar-refractivity contribution in [1.29, 1.82) is 0 Å². The van der Waals surface area contributed by atoms with E-state index in [0.717, 1.165) is 16.7 Å². The predicted octanol–water partition coefficient (Wildman–Crippen LogP) is 2.57. The second kappa shape index (κ2) is 4.47. The molecular formula is C14H16N2O. The van der Waals surface area contributed by atoms with Crippen LogP contribution in [0.1, 0.15) is 18.6 Å². The van der Waals surface area contributed by atoms with E-state index in [9.17, 15) is 5.11 Å². The lowest BCUT2D eigenvalue weighted by atomic mass is 10.0. The van der Waals surface area contributed by atoms with E-state index in [0.29, 0.717) is 11.4 Å². The van der Waals surface area contributed by atoms with Gasteiger partial charge in [-0.1, -0.05) is 24.3 Å². The molecule has 0 heterocycles. The Morgan fingerprint density at radius 3 is 2.24 bits per heavy atom. The lowest BCUT2D eigenvalue weighted by molar-refractivity contribution is 0.199. The molecule has 2 aromatic carbocycles. The number of rotatable bonds is 2. The zero-order chi connectivity index (χ0) is 12.4. The molecule has 3 heteroatoms. The van der Waals surface area contributed by atoms with Crippen molar-refractivity contribution < 1.29 is 5.11 Å². The third kappa shape index (κ3) is 2.40. The maximum Gasteiger partial charge on any atom is 0.0761 e. The van der Waals surface area contributed by atoms with Gasteiger partial charge in [0.2, 0.25) is 0 Å². The molecule has 0 bridgehead atoms. The summed E-state index contributed by atoms with van der Waals surface area (Å²) >= 11 is 0. The van der Waals surface area contributed by atoms with Gasteiger partial charge in [-0.3, -0.25) is 0 Å². The summed E-state index contributed by atoms with van der Waals surface area (Å²) in [6.45, 7) is 1.74. The van der Waals surface area contributed by atoms with Crippen LogP contribution in [0.25, 0.3) is 11.1 Å². The van der Waals surface area contributed by atoms with Crippen molar-refractivity contribution in [2.75, 3.05) is 11.5 Å². The quantitative estimate of drug-likeness (QED) is 0.692. The summed E-state index contributed by atoms with van der Waals surface area (Å²) in [4.78, 5) is 0. The van der Waals surface area contributed by atoms with Gasteiger partial charge in [0.05, 0.1) is 6.10 Å². The van der Waals surface area contributed by atoms with Crippen LogP contribution in [0.3, 0.4) is 0 Å². The van der Waals surface area contributed by atoms with Crippen LogP contribution in [0.5, 0.6) is 0 Å². The first-order chi connectivity index (χ1) is 8.08. The first-order valence-corrected chi connectivity index (χ1v) is 5.51. The van der Waals surface area contributed by atoms with Crippen molar-refractivity contribution in [2.45, 2.75) is 13.0 Å². The molecule has 0 aliphatic rings. The van der Waals surface area contributed by atoms with E-state index in [1.165, 1.54) is 0 Å². The molecule has 0 aromatic heterocycles. The van der Waals surface area contributed by atoms with Crippen LogP contribution >= 0.6 is 0 Å². The van der Waals surface area contributed by atoms with E-state index in [4.69, 9.17) is 11.5 Å². The summed E-state index contributed by atoms with van der Waals surface area (Å²) in [6, 6.07) is 13.1. The minimum atomic E-state index is -0.456. The van der Waals surface area contributed by atoms with Gasteiger partial charge in [0, 0.05) is 16.9 Å². The average Bonchev–Trinajstić information content (AvgIpc) is 2.32. The Hall–Kier alpha value is -2.00. The van der Waals surface area contributed by atoms with Crippen molar-refractivity contribution in [3.8, 4) is 11.1 Å². The topological polar surface area (TPSA) is 72.3 Å². The van der Waals surface area contributed by atoms with Gasteiger partial charge in [-0.25, -0.2) is 0 Å². The normalized spacial score (nSPS) is 12.4. The third-order valence-electron chi connectivity index (χ3n) is 2.78. The molecule has 1 unspecified atom stereocenters. The smallest absolute Gasteiger partial charge is 0.0761 e. The van der Waals surface area contributed by atoms with Gasteiger partial charge >= 0.3 is 0 Å². The lowest BCUT2D eigenvalue weighted by Gasteiger charge is -2.09. The Morgan fingerprint density at radius 1 is 1.00 bits per heavy atom. The zero-order valence-electron chi connectivity index (χ0n) is 9.72. The predicted molar refractivity (Wildman–Crippen MR) is 71.3 cm³/mol. The summed E-state index contributed by atoms with van der Waals surface area (Å²) in [5.41, 5.74) is 15.9. The average molecular weight is 228 g/mol. The van der Waals surface area contributed by atoms with Gasteiger partial charge in [-0.2, -0.15) is 0 Å². The molecule has 88 valence electrons. The summed E-state index contributed by atoms with van der Waals surface area (Å²) in [5.74, 6) is 0. The Bertz CT molecular complexity index is 518. The van der Waals surface area contributed by atoms with Crippen LogP contribution < -0.4 is 11.5 Å². The van der Waals surface area contributed by atoms with Gasteiger partial charge in [0.1, 0.15) is 0 Å². The summed E-state index contributed by atoms with van der Waals surface area (Å²) in [5, 5.41) is 9.44.